The smallest absolute Gasteiger partial charge is 0.270 e. The summed E-state index contributed by atoms with van der Waals surface area (Å²) in [4.78, 5) is 15.0. The minimum atomic E-state index is 0.127. The Morgan fingerprint density at radius 3 is 2.81 bits per heavy atom. The highest BCUT2D eigenvalue weighted by Crippen LogP contribution is 2.31. The summed E-state index contributed by atoms with van der Waals surface area (Å²) in [5, 5.41) is 0. The van der Waals surface area contributed by atoms with E-state index in [-0.39, 0.29) is 11.9 Å². The first-order valence-electron chi connectivity index (χ1n) is 7.88. The van der Waals surface area contributed by atoms with Gasteiger partial charge in [-0.2, -0.15) is 0 Å². The molecule has 5 heteroatoms. The fourth-order valence-corrected chi connectivity index (χ4v) is 3.86. The van der Waals surface area contributed by atoms with E-state index >= 15 is 0 Å². The van der Waals surface area contributed by atoms with Crippen LogP contribution in [0.15, 0.2) is 16.7 Å². The summed E-state index contributed by atoms with van der Waals surface area (Å²) in [6, 6.07) is 2.49. The third-order valence-corrected chi connectivity index (χ3v) is 4.95. The molecule has 2 atom stereocenters. The second-order valence-corrected chi connectivity index (χ2v) is 7.05. The summed E-state index contributed by atoms with van der Waals surface area (Å²) in [5.74, 6) is 0.571. The third-order valence-electron chi connectivity index (χ3n) is 4.51. The maximum atomic E-state index is 13.0. The van der Waals surface area contributed by atoms with E-state index in [2.05, 4.69) is 36.7 Å². The topological polar surface area (TPSA) is 51.3 Å². The molecule has 1 amide bonds. The predicted molar refractivity (Wildman–Crippen MR) is 89.4 cm³/mol. The van der Waals surface area contributed by atoms with Gasteiger partial charge in [-0.1, -0.05) is 6.42 Å². The molecule has 4 nitrogen and oxygen atoms in total. The van der Waals surface area contributed by atoms with Gasteiger partial charge in [0, 0.05) is 29.3 Å². The van der Waals surface area contributed by atoms with Crippen LogP contribution < -0.4 is 5.73 Å². The number of rotatable bonds is 5. The number of amides is 1. The highest BCUT2D eigenvalue weighted by Gasteiger charge is 2.34. The molecule has 21 heavy (non-hydrogen) atoms. The Morgan fingerprint density at radius 1 is 1.52 bits per heavy atom. The van der Waals surface area contributed by atoms with Crippen molar-refractivity contribution in [3.63, 3.8) is 0 Å². The molecule has 2 rings (SSSR count). The number of aromatic nitrogens is 1. The number of nitrogens with zero attached hydrogens (tertiary/aromatic N) is 2. The van der Waals surface area contributed by atoms with Crippen LogP contribution in [-0.2, 0) is 0 Å². The van der Waals surface area contributed by atoms with Gasteiger partial charge in [-0.15, -0.1) is 0 Å². The summed E-state index contributed by atoms with van der Waals surface area (Å²) in [5.41, 5.74) is 6.65. The normalized spacial score (nSPS) is 22.0. The molecule has 1 saturated carbocycles. The maximum absolute atomic E-state index is 13.0. The standard InChI is InChI=1S/C16H26BrN3O/c1-4-19(14-7-5-6-12(14)9-18)16(21)15-8-13(17)10-20(15)11(2)3/h8,10-12,14H,4-7,9,18H2,1-3H3. The first kappa shape index (κ1) is 16.6. The maximum Gasteiger partial charge on any atom is 0.270 e. The Morgan fingerprint density at radius 2 is 2.24 bits per heavy atom. The van der Waals surface area contributed by atoms with Crippen molar-refractivity contribution in [2.75, 3.05) is 13.1 Å². The van der Waals surface area contributed by atoms with Crippen molar-refractivity contribution in [3.05, 3.63) is 22.4 Å². The van der Waals surface area contributed by atoms with Gasteiger partial charge < -0.3 is 15.2 Å². The van der Waals surface area contributed by atoms with Crippen molar-refractivity contribution in [1.29, 1.82) is 0 Å². The zero-order valence-electron chi connectivity index (χ0n) is 13.2. The lowest BCUT2D eigenvalue weighted by Crippen LogP contribution is -2.44. The molecule has 0 saturated heterocycles. The summed E-state index contributed by atoms with van der Waals surface area (Å²) in [6.45, 7) is 7.65. The summed E-state index contributed by atoms with van der Waals surface area (Å²) >= 11 is 3.49. The van der Waals surface area contributed by atoms with Crippen molar-refractivity contribution in [2.24, 2.45) is 11.7 Å². The molecule has 1 aliphatic rings. The Hall–Kier alpha value is -0.810. The summed E-state index contributed by atoms with van der Waals surface area (Å²) in [6.07, 6.45) is 5.37. The lowest BCUT2D eigenvalue weighted by atomic mass is 10.0. The van der Waals surface area contributed by atoms with E-state index in [9.17, 15) is 4.79 Å². The largest absolute Gasteiger partial charge is 0.340 e. The fraction of sp³-hybridized carbons (Fsp3) is 0.688. The van der Waals surface area contributed by atoms with Crippen LogP contribution in [0.25, 0.3) is 0 Å². The molecule has 2 unspecified atom stereocenters. The van der Waals surface area contributed by atoms with Crippen LogP contribution in [0, 0.1) is 5.92 Å². The van der Waals surface area contributed by atoms with E-state index in [4.69, 9.17) is 5.73 Å². The van der Waals surface area contributed by atoms with Crippen LogP contribution in [-0.4, -0.2) is 34.5 Å². The first-order chi connectivity index (χ1) is 9.99. The van der Waals surface area contributed by atoms with Crippen LogP contribution in [0.1, 0.15) is 56.6 Å². The van der Waals surface area contributed by atoms with Gasteiger partial charge in [0.25, 0.3) is 5.91 Å². The number of nitrogens with two attached hydrogens (primary N) is 1. The SMILES string of the molecule is CCN(C(=O)c1cc(Br)cn1C(C)C)C1CCCC1CN. The fourth-order valence-electron chi connectivity index (χ4n) is 3.42. The Labute approximate surface area is 135 Å². The van der Waals surface area contributed by atoms with Gasteiger partial charge in [0.05, 0.1) is 0 Å². The Kier molecular flexibility index (Phi) is 5.49. The number of carbonyl (C=O) groups is 1. The minimum Gasteiger partial charge on any atom is -0.340 e. The average Bonchev–Trinajstić information content (AvgIpc) is 3.05. The lowest BCUT2D eigenvalue weighted by Gasteiger charge is -2.32. The number of carbonyl (C=O) groups excluding carboxylic acids is 1. The van der Waals surface area contributed by atoms with Gasteiger partial charge in [0.15, 0.2) is 0 Å². The molecule has 0 aliphatic heterocycles. The second-order valence-electron chi connectivity index (χ2n) is 6.13. The van der Waals surface area contributed by atoms with Gasteiger partial charge in [-0.3, -0.25) is 4.79 Å². The molecule has 0 aromatic carbocycles. The van der Waals surface area contributed by atoms with Crippen LogP contribution in [0.2, 0.25) is 0 Å². The first-order valence-corrected chi connectivity index (χ1v) is 8.67. The number of halogens is 1. The zero-order chi connectivity index (χ0) is 15.6. The molecular formula is C16H26BrN3O. The summed E-state index contributed by atoms with van der Waals surface area (Å²) < 4.78 is 3.00. The van der Waals surface area contributed by atoms with Gasteiger partial charge in [-0.05, 0) is 68.1 Å². The van der Waals surface area contributed by atoms with Crippen LogP contribution in [0.5, 0.6) is 0 Å². The third kappa shape index (κ3) is 3.34. The van der Waals surface area contributed by atoms with Crippen LogP contribution in [0.3, 0.4) is 0 Å². The quantitative estimate of drug-likeness (QED) is 0.879. The highest BCUT2D eigenvalue weighted by atomic mass is 79.9. The van der Waals surface area contributed by atoms with Crippen LogP contribution in [0.4, 0.5) is 0 Å². The summed E-state index contributed by atoms with van der Waals surface area (Å²) in [7, 11) is 0. The molecule has 1 aliphatic carbocycles. The van der Waals surface area contributed by atoms with E-state index in [0.717, 1.165) is 29.6 Å². The predicted octanol–water partition coefficient (Wildman–Crippen LogP) is 3.42. The molecule has 0 radical (unpaired) electrons. The molecule has 1 fully saturated rings. The number of hydrogen-bond donors (Lipinski definition) is 1. The van der Waals surface area contributed by atoms with Crippen molar-refractivity contribution in [1.82, 2.24) is 9.47 Å². The molecule has 2 N–H and O–H groups in total. The molecule has 118 valence electrons. The van der Waals surface area contributed by atoms with Gasteiger partial charge in [-0.25, -0.2) is 0 Å². The monoisotopic (exact) mass is 355 g/mol. The van der Waals surface area contributed by atoms with Gasteiger partial charge in [0.2, 0.25) is 0 Å². The van der Waals surface area contributed by atoms with E-state index in [1.54, 1.807) is 0 Å². The van der Waals surface area contributed by atoms with Gasteiger partial charge >= 0.3 is 0 Å². The van der Waals surface area contributed by atoms with Crippen molar-refractivity contribution < 1.29 is 4.79 Å². The minimum absolute atomic E-state index is 0.127. The molecule has 1 heterocycles. The highest BCUT2D eigenvalue weighted by molar-refractivity contribution is 9.10. The van der Waals surface area contributed by atoms with E-state index in [1.807, 2.05) is 21.7 Å². The van der Waals surface area contributed by atoms with E-state index in [0.29, 0.717) is 18.5 Å². The van der Waals surface area contributed by atoms with E-state index in [1.165, 1.54) is 6.42 Å². The molecule has 0 spiro atoms. The van der Waals surface area contributed by atoms with Crippen LogP contribution >= 0.6 is 15.9 Å². The second kappa shape index (κ2) is 6.97. The van der Waals surface area contributed by atoms with E-state index < -0.39 is 0 Å². The van der Waals surface area contributed by atoms with Crippen molar-refractivity contribution in [3.8, 4) is 0 Å². The molecular weight excluding hydrogens is 330 g/mol. The average molecular weight is 356 g/mol. The van der Waals surface area contributed by atoms with Gasteiger partial charge in [0.1, 0.15) is 5.69 Å². The number of hydrogen-bond acceptors (Lipinski definition) is 2. The molecule has 1 aromatic rings. The van der Waals surface area contributed by atoms with Crippen molar-refractivity contribution in [2.45, 2.75) is 52.1 Å². The molecule has 1 aromatic heterocycles. The Bertz CT molecular complexity index is 498. The molecule has 0 bridgehead atoms. The lowest BCUT2D eigenvalue weighted by molar-refractivity contribution is 0.0639. The zero-order valence-corrected chi connectivity index (χ0v) is 14.8. The van der Waals surface area contributed by atoms with Crippen molar-refractivity contribution >= 4 is 21.8 Å². The Balaban J connectivity index is 2.28.